The number of pyridine rings is 2. The lowest BCUT2D eigenvalue weighted by atomic mass is 9.74. The van der Waals surface area contributed by atoms with Crippen molar-refractivity contribution in [3.63, 3.8) is 0 Å². The average Bonchev–Trinajstić information content (AvgIpc) is 3.13. The maximum Gasteiger partial charge on any atom is 0.333 e. The van der Waals surface area contributed by atoms with Crippen LogP contribution in [-0.2, 0) is 56.0 Å². The zero-order chi connectivity index (χ0) is 39.1. The molecule has 2 atom stereocenters. The molecule has 0 aliphatic heterocycles. The van der Waals surface area contributed by atoms with E-state index in [1.54, 1.807) is 0 Å². The molecule has 1 fully saturated rings. The van der Waals surface area contributed by atoms with E-state index in [1.165, 1.54) is 64.5 Å². The number of hydrogen-bond acceptors (Lipinski definition) is 13. The van der Waals surface area contributed by atoms with Crippen molar-refractivity contribution in [2.24, 2.45) is 17.8 Å². The first-order valence-corrected chi connectivity index (χ1v) is 17.2. The van der Waals surface area contributed by atoms with Crippen molar-refractivity contribution in [1.29, 1.82) is 0 Å². The topological polar surface area (TPSA) is 210 Å². The number of esters is 4. The highest BCUT2D eigenvalue weighted by Gasteiger charge is 2.41. The number of nitrogens with zero attached hydrogens (tertiary/aromatic N) is 3. The van der Waals surface area contributed by atoms with Crippen molar-refractivity contribution in [3.05, 3.63) is 81.7 Å². The predicted molar refractivity (Wildman–Crippen MR) is 188 cm³/mol. The van der Waals surface area contributed by atoms with Crippen LogP contribution in [-0.4, -0.2) is 93.5 Å². The number of carbonyl (C=O) groups excluding carboxylic acids is 5. The number of hydrogen-bond donors (Lipinski definition) is 2. The Balaban J connectivity index is 1.78. The highest BCUT2D eigenvalue weighted by atomic mass is 16.6. The molecule has 1 aliphatic rings. The van der Waals surface area contributed by atoms with Crippen LogP contribution in [0.4, 0.5) is 0 Å². The van der Waals surface area contributed by atoms with Gasteiger partial charge in [-0.1, -0.05) is 13.2 Å². The largest absolute Gasteiger partial charge is 0.503 e. The maximum absolute atomic E-state index is 14.2. The Labute approximate surface area is 306 Å². The first kappa shape index (κ1) is 41.7. The van der Waals surface area contributed by atoms with Crippen molar-refractivity contribution in [2.75, 3.05) is 39.5 Å². The van der Waals surface area contributed by atoms with Crippen molar-refractivity contribution < 1.29 is 53.1 Å². The van der Waals surface area contributed by atoms with Gasteiger partial charge in [-0.15, -0.1) is 0 Å². The molecule has 3 rings (SSSR count). The average molecular weight is 742 g/mol. The molecule has 2 unspecified atom stereocenters. The first-order chi connectivity index (χ1) is 25.2. The normalized spacial score (nSPS) is 16.5. The summed E-state index contributed by atoms with van der Waals surface area (Å²) in [5, 5.41) is 19.7. The third kappa shape index (κ3) is 12.8. The summed E-state index contributed by atoms with van der Waals surface area (Å²) in [6, 6.07) is 5.57. The SMILES string of the molecule is C=C(C)C(=O)OCCOC(=O)C1CC(C(=O)OCCOC(=O)C(=C)C)CC(C(=O)N(CCCn2cccc(O)c2=O)CCCn2cccc(O)c2=O)C1. The lowest BCUT2D eigenvalue weighted by molar-refractivity contribution is -0.162. The number of carbonyl (C=O) groups is 5. The second-order valence-corrected chi connectivity index (χ2v) is 12.8. The molecule has 16 heteroatoms. The third-order valence-electron chi connectivity index (χ3n) is 8.51. The summed E-state index contributed by atoms with van der Waals surface area (Å²) < 4.78 is 23.3. The standard InChI is InChI=1S/C37H47N3O13/c1-24(2)34(46)50-17-19-52-36(48)27-21-26(22-28(23-27)37(49)53-20-18-51-35(47)25(3)4)31(43)38(13-7-15-39-11-5-9-29(41)32(39)44)14-8-16-40-12-6-10-30(42)33(40)45/h5-6,9-12,26-28,41-42H,1,3,7-8,13-23H2,2,4H3. The fourth-order valence-corrected chi connectivity index (χ4v) is 5.80. The van der Waals surface area contributed by atoms with Gasteiger partial charge < -0.3 is 43.2 Å². The van der Waals surface area contributed by atoms with Gasteiger partial charge in [-0.05, 0) is 70.2 Å². The number of ether oxygens (including phenoxy) is 4. The Morgan fingerprint density at radius 3 is 1.45 bits per heavy atom. The zero-order valence-electron chi connectivity index (χ0n) is 30.0. The molecule has 2 aromatic heterocycles. The van der Waals surface area contributed by atoms with Crippen LogP contribution in [0.15, 0.2) is 70.6 Å². The Hall–Kier alpha value is -5.67. The van der Waals surface area contributed by atoms with E-state index >= 15 is 0 Å². The lowest BCUT2D eigenvalue weighted by Gasteiger charge is -2.35. The molecule has 2 heterocycles. The van der Waals surface area contributed by atoms with Crippen molar-refractivity contribution in [1.82, 2.24) is 14.0 Å². The van der Waals surface area contributed by atoms with E-state index < -0.39 is 64.2 Å². The highest BCUT2D eigenvalue weighted by molar-refractivity contribution is 5.87. The minimum Gasteiger partial charge on any atom is -0.503 e. The highest BCUT2D eigenvalue weighted by Crippen LogP contribution is 2.36. The molecular weight excluding hydrogens is 694 g/mol. The van der Waals surface area contributed by atoms with E-state index in [-0.39, 0.29) is 88.9 Å². The smallest absolute Gasteiger partial charge is 0.333 e. The second kappa shape index (κ2) is 20.4. The summed E-state index contributed by atoms with van der Waals surface area (Å²) in [6.07, 6.45) is 3.71. The molecular formula is C37H47N3O13. The van der Waals surface area contributed by atoms with Gasteiger partial charge in [0.2, 0.25) is 5.91 Å². The molecule has 16 nitrogen and oxygen atoms in total. The van der Waals surface area contributed by atoms with E-state index in [0.29, 0.717) is 12.8 Å². The molecule has 1 amide bonds. The first-order valence-electron chi connectivity index (χ1n) is 17.2. The molecule has 1 saturated carbocycles. The van der Waals surface area contributed by atoms with Gasteiger partial charge >= 0.3 is 23.9 Å². The summed E-state index contributed by atoms with van der Waals surface area (Å²) in [5.41, 5.74) is -0.832. The van der Waals surface area contributed by atoms with Crippen molar-refractivity contribution in [2.45, 2.75) is 59.0 Å². The van der Waals surface area contributed by atoms with Crippen molar-refractivity contribution in [3.8, 4) is 11.5 Å². The quantitative estimate of drug-likeness (QED) is 0.0916. The Bertz CT molecular complexity index is 1660. The summed E-state index contributed by atoms with van der Waals surface area (Å²) >= 11 is 0. The molecule has 1 aliphatic carbocycles. The van der Waals surface area contributed by atoms with Gasteiger partial charge in [0.05, 0.1) is 11.8 Å². The van der Waals surface area contributed by atoms with Gasteiger partial charge in [0.1, 0.15) is 26.4 Å². The summed E-state index contributed by atoms with van der Waals surface area (Å²) in [4.78, 5) is 90.4. The molecule has 0 aromatic carbocycles. The second-order valence-electron chi connectivity index (χ2n) is 12.8. The molecule has 0 radical (unpaired) electrons. The Kier molecular flexibility index (Phi) is 16.1. The molecule has 53 heavy (non-hydrogen) atoms. The van der Waals surface area contributed by atoms with Crippen LogP contribution in [0.1, 0.15) is 46.0 Å². The van der Waals surface area contributed by atoms with E-state index in [1.807, 2.05) is 0 Å². The molecule has 0 spiro atoms. The fourth-order valence-electron chi connectivity index (χ4n) is 5.80. The van der Waals surface area contributed by atoms with Gasteiger partial charge in [-0.2, -0.15) is 0 Å². The summed E-state index contributed by atoms with van der Waals surface area (Å²) in [6.45, 7) is 9.60. The molecule has 2 aromatic rings. The van der Waals surface area contributed by atoms with E-state index in [4.69, 9.17) is 18.9 Å². The summed E-state index contributed by atoms with van der Waals surface area (Å²) in [5.74, 6) is -6.53. The Morgan fingerprint density at radius 1 is 0.679 bits per heavy atom. The maximum atomic E-state index is 14.2. The minimum absolute atomic E-state index is 0.0133. The van der Waals surface area contributed by atoms with Crippen molar-refractivity contribution >= 4 is 29.8 Å². The van der Waals surface area contributed by atoms with Crippen LogP contribution in [0.25, 0.3) is 0 Å². The number of aromatic hydroxyl groups is 2. The summed E-state index contributed by atoms with van der Waals surface area (Å²) in [7, 11) is 0. The monoisotopic (exact) mass is 741 g/mol. The van der Waals surface area contributed by atoms with Gasteiger partial charge in [-0.25, -0.2) is 9.59 Å². The van der Waals surface area contributed by atoms with Gasteiger partial charge in [0.25, 0.3) is 11.1 Å². The lowest BCUT2D eigenvalue weighted by Crippen LogP contribution is -2.44. The zero-order valence-corrected chi connectivity index (χ0v) is 30.0. The van der Waals surface area contributed by atoms with E-state index in [2.05, 4.69) is 13.2 Å². The van der Waals surface area contributed by atoms with Gasteiger partial charge in [0, 0.05) is 55.6 Å². The number of rotatable bonds is 19. The van der Waals surface area contributed by atoms with E-state index in [0.717, 1.165) is 0 Å². The fraction of sp³-hybridized carbons (Fsp3) is 0.486. The predicted octanol–water partition coefficient (Wildman–Crippen LogP) is 2.09. The molecule has 2 N–H and O–H groups in total. The minimum atomic E-state index is -0.896. The van der Waals surface area contributed by atoms with Crippen LogP contribution in [0.2, 0.25) is 0 Å². The van der Waals surface area contributed by atoms with Crippen LogP contribution < -0.4 is 11.1 Å². The molecule has 0 saturated heterocycles. The van der Waals surface area contributed by atoms with Crippen LogP contribution in [0.5, 0.6) is 11.5 Å². The number of amides is 1. The van der Waals surface area contributed by atoms with Crippen LogP contribution >= 0.6 is 0 Å². The number of aromatic nitrogens is 2. The van der Waals surface area contributed by atoms with E-state index in [9.17, 15) is 43.8 Å². The number of aryl methyl sites for hydroxylation is 2. The Morgan fingerprint density at radius 2 is 1.06 bits per heavy atom. The van der Waals surface area contributed by atoms with Crippen LogP contribution in [0.3, 0.4) is 0 Å². The molecule has 288 valence electrons. The van der Waals surface area contributed by atoms with Gasteiger partial charge in [-0.3, -0.25) is 24.0 Å². The van der Waals surface area contributed by atoms with Crippen LogP contribution in [0, 0.1) is 17.8 Å². The molecule has 0 bridgehead atoms. The van der Waals surface area contributed by atoms with Gasteiger partial charge in [0.15, 0.2) is 11.5 Å². The third-order valence-corrected chi connectivity index (χ3v) is 8.51.